The van der Waals surface area contributed by atoms with E-state index in [1.807, 2.05) is 0 Å². The summed E-state index contributed by atoms with van der Waals surface area (Å²) < 4.78 is 80.4. The normalized spacial score (nSPS) is 20.0. The van der Waals surface area contributed by atoms with Gasteiger partial charge in [0.2, 0.25) is 23.9 Å². The molecule has 4 N–H and O–H groups in total. The van der Waals surface area contributed by atoms with Crippen LogP contribution in [0.3, 0.4) is 0 Å². The average molecular weight is 583 g/mol. The number of nitrogens with one attached hydrogen (secondary N) is 2. The smallest absolute Gasteiger partial charge is 0.369 e. The van der Waals surface area contributed by atoms with Crippen LogP contribution in [-0.2, 0) is 14.4 Å². The molecule has 0 unspecified atom stereocenters. The minimum atomic E-state index is -4.69. The van der Waals surface area contributed by atoms with E-state index < -0.39 is 85.2 Å². The SMILES string of the molecule is Cc1cccc2c1NC(=O)[C@@H](NC(=O)[C@H](CCC(F)(F)F)[C@H](CC1CC(F)(F)C1)C(N)=O)N=C2c1cccc(F)c1. The molecule has 2 aromatic carbocycles. The Balaban J connectivity index is 1.68. The van der Waals surface area contributed by atoms with E-state index in [-0.39, 0.29) is 17.7 Å². The number of aryl methyl sites for hydroxylation is 1. The number of anilines is 1. The quantitative estimate of drug-likeness (QED) is 0.367. The molecule has 41 heavy (non-hydrogen) atoms. The van der Waals surface area contributed by atoms with Crippen molar-refractivity contribution < 1.29 is 40.7 Å². The summed E-state index contributed by atoms with van der Waals surface area (Å²) in [7, 11) is 0. The second kappa shape index (κ2) is 11.5. The summed E-state index contributed by atoms with van der Waals surface area (Å²) in [6.45, 7) is 1.70. The zero-order valence-electron chi connectivity index (χ0n) is 21.9. The van der Waals surface area contributed by atoms with Crippen molar-refractivity contribution in [1.29, 1.82) is 0 Å². The summed E-state index contributed by atoms with van der Waals surface area (Å²) in [5.41, 5.74) is 7.22. The largest absolute Gasteiger partial charge is 0.389 e. The first-order chi connectivity index (χ1) is 19.1. The van der Waals surface area contributed by atoms with Crippen molar-refractivity contribution in [3.05, 3.63) is 65.0 Å². The number of carbonyl (C=O) groups excluding carboxylic acids is 3. The van der Waals surface area contributed by atoms with Crippen molar-refractivity contribution in [2.24, 2.45) is 28.5 Å². The fourth-order valence-corrected chi connectivity index (χ4v) is 5.31. The van der Waals surface area contributed by atoms with Crippen LogP contribution in [0, 0.1) is 30.5 Å². The number of rotatable bonds is 9. The average Bonchev–Trinajstić information content (AvgIpc) is 2.98. The van der Waals surface area contributed by atoms with Gasteiger partial charge >= 0.3 is 6.18 Å². The van der Waals surface area contributed by atoms with E-state index >= 15 is 0 Å². The molecule has 0 radical (unpaired) electrons. The first kappa shape index (κ1) is 30.1. The summed E-state index contributed by atoms with van der Waals surface area (Å²) in [5, 5.41) is 4.97. The van der Waals surface area contributed by atoms with Crippen molar-refractivity contribution in [2.75, 3.05) is 5.32 Å². The highest BCUT2D eigenvalue weighted by atomic mass is 19.4. The number of para-hydroxylation sites is 1. The molecular formula is C28H28F6N4O3. The van der Waals surface area contributed by atoms with Crippen molar-refractivity contribution in [1.82, 2.24) is 5.32 Å². The Morgan fingerprint density at radius 1 is 1.15 bits per heavy atom. The third-order valence-corrected chi connectivity index (χ3v) is 7.35. The number of nitrogens with two attached hydrogens (primary N) is 1. The van der Waals surface area contributed by atoms with Gasteiger partial charge in [-0.1, -0.05) is 30.3 Å². The van der Waals surface area contributed by atoms with Gasteiger partial charge in [0.15, 0.2) is 0 Å². The Bertz CT molecular complexity index is 1370. The van der Waals surface area contributed by atoms with Crippen molar-refractivity contribution in [3.63, 3.8) is 0 Å². The van der Waals surface area contributed by atoms with Crippen LogP contribution < -0.4 is 16.4 Å². The fourth-order valence-electron chi connectivity index (χ4n) is 5.31. The van der Waals surface area contributed by atoms with E-state index in [0.29, 0.717) is 16.8 Å². The maximum absolute atomic E-state index is 14.1. The van der Waals surface area contributed by atoms with Crippen molar-refractivity contribution in [3.8, 4) is 0 Å². The van der Waals surface area contributed by atoms with Gasteiger partial charge in [0.05, 0.1) is 11.4 Å². The number of benzene rings is 2. The third kappa shape index (κ3) is 7.25. The molecule has 1 aliphatic heterocycles. The second-order valence-corrected chi connectivity index (χ2v) is 10.5. The predicted molar refractivity (Wildman–Crippen MR) is 138 cm³/mol. The van der Waals surface area contributed by atoms with E-state index in [2.05, 4.69) is 15.6 Å². The van der Waals surface area contributed by atoms with Crippen LogP contribution in [0.5, 0.6) is 0 Å². The number of primary amides is 1. The van der Waals surface area contributed by atoms with Crippen LogP contribution in [0.25, 0.3) is 0 Å². The summed E-state index contributed by atoms with van der Waals surface area (Å²) in [5.74, 6) is -10.5. The minimum absolute atomic E-state index is 0.127. The van der Waals surface area contributed by atoms with Crippen molar-refractivity contribution in [2.45, 2.75) is 57.3 Å². The van der Waals surface area contributed by atoms with Gasteiger partial charge in [-0.25, -0.2) is 18.2 Å². The molecule has 1 aliphatic carbocycles. The molecule has 2 aromatic rings. The molecule has 2 aliphatic rings. The topological polar surface area (TPSA) is 114 Å². The van der Waals surface area contributed by atoms with Gasteiger partial charge in [0, 0.05) is 42.2 Å². The predicted octanol–water partition coefficient (Wildman–Crippen LogP) is 4.86. The molecule has 4 rings (SSSR count). The summed E-state index contributed by atoms with van der Waals surface area (Å²) in [6, 6.07) is 10.3. The second-order valence-electron chi connectivity index (χ2n) is 10.5. The highest BCUT2D eigenvalue weighted by molar-refractivity contribution is 6.20. The lowest BCUT2D eigenvalue weighted by Crippen LogP contribution is -2.49. The maximum atomic E-state index is 14.1. The zero-order valence-corrected chi connectivity index (χ0v) is 21.9. The lowest BCUT2D eigenvalue weighted by atomic mass is 9.72. The monoisotopic (exact) mass is 582 g/mol. The molecule has 220 valence electrons. The van der Waals surface area contributed by atoms with E-state index in [9.17, 15) is 40.7 Å². The van der Waals surface area contributed by atoms with Crippen LogP contribution in [0.1, 0.15) is 48.8 Å². The Kier molecular flexibility index (Phi) is 8.46. The molecular weight excluding hydrogens is 554 g/mol. The number of nitrogens with zero attached hydrogens (tertiary/aromatic N) is 1. The Labute approximate surface area is 231 Å². The summed E-state index contributed by atoms with van der Waals surface area (Å²) in [6.07, 6.45) is -10.1. The van der Waals surface area contributed by atoms with Gasteiger partial charge in [-0.2, -0.15) is 13.2 Å². The number of hydrogen-bond acceptors (Lipinski definition) is 4. The van der Waals surface area contributed by atoms with Crippen LogP contribution in [0.4, 0.5) is 32.0 Å². The third-order valence-electron chi connectivity index (χ3n) is 7.35. The van der Waals surface area contributed by atoms with Crippen LogP contribution in [-0.4, -0.2) is 41.7 Å². The lowest BCUT2D eigenvalue weighted by Gasteiger charge is -2.38. The number of aliphatic imine (C=N–C) groups is 1. The van der Waals surface area contributed by atoms with Crippen LogP contribution >= 0.6 is 0 Å². The van der Waals surface area contributed by atoms with Crippen LogP contribution in [0.2, 0.25) is 0 Å². The molecule has 3 amide bonds. The zero-order chi connectivity index (χ0) is 30.1. The summed E-state index contributed by atoms with van der Waals surface area (Å²) in [4.78, 5) is 43.3. The van der Waals surface area contributed by atoms with Crippen molar-refractivity contribution >= 4 is 29.1 Å². The molecule has 0 bridgehead atoms. The number of benzodiazepines with no additional fused rings is 1. The highest BCUT2D eigenvalue weighted by Crippen LogP contribution is 2.46. The number of amides is 3. The maximum Gasteiger partial charge on any atom is 0.389 e. The standard InChI is InChI=1S/C28H28F6N4O3/c1-14-4-2-7-19-21(14)37-26(41)24(36-22(19)16-5-3-6-17(29)11-16)38-25(40)18(8-9-28(32,33)34)20(23(35)39)10-15-12-27(30,31)13-15/h2-7,11,15,18,20,24H,8-10,12-13H2,1H3,(H2,35,39)(H,37,41)(H,38,40)/t18-,20+,24-/m1/s1. The van der Waals surface area contributed by atoms with Gasteiger partial charge in [-0.3, -0.25) is 14.4 Å². The Morgan fingerprint density at radius 2 is 1.83 bits per heavy atom. The van der Waals surface area contributed by atoms with Gasteiger partial charge < -0.3 is 16.4 Å². The van der Waals surface area contributed by atoms with E-state index in [1.54, 1.807) is 25.1 Å². The van der Waals surface area contributed by atoms with E-state index in [0.717, 1.165) is 0 Å². The van der Waals surface area contributed by atoms with Crippen LogP contribution in [0.15, 0.2) is 47.5 Å². The molecule has 1 heterocycles. The number of carbonyl (C=O) groups is 3. The first-order valence-corrected chi connectivity index (χ1v) is 12.9. The van der Waals surface area contributed by atoms with Gasteiger partial charge in [-0.05, 0) is 43.4 Å². The van der Waals surface area contributed by atoms with E-state index in [4.69, 9.17) is 5.73 Å². The first-order valence-electron chi connectivity index (χ1n) is 12.9. The number of hydrogen-bond donors (Lipinski definition) is 3. The molecule has 7 nitrogen and oxygen atoms in total. The molecule has 1 saturated carbocycles. The molecule has 13 heteroatoms. The van der Waals surface area contributed by atoms with Gasteiger partial charge in [0.1, 0.15) is 5.82 Å². The van der Waals surface area contributed by atoms with Gasteiger partial charge in [0.25, 0.3) is 5.91 Å². The number of halogens is 6. The Morgan fingerprint density at radius 3 is 2.44 bits per heavy atom. The number of alkyl halides is 5. The molecule has 3 atom stereocenters. The van der Waals surface area contributed by atoms with Gasteiger partial charge in [-0.15, -0.1) is 0 Å². The fraction of sp³-hybridized carbons (Fsp3) is 0.429. The number of fused-ring (bicyclic) bond motifs is 1. The molecule has 0 saturated heterocycles. The molecule has 0 spiro atoms. The summed E-state index contributed by atoms with van der Waals surface area (Å²) >= 11 is 0. The molecule has 0 aromatic heterocycles. The Hall–Kier alpha value is -3.90. The van der Waals surface area contributed by atoms with E-state index in [1.165, 1.54) is 24.3 Å². The molecule has 1 fully saturated rings. The highest BCUT2D eigenvalue weighted by Gasteiger charge is 2.48. The minimum Gasteiger partial charge on any atom is -0.369 e. The lowest BCUT2D eigenvalue weighted by molar-refractivity contribution is -0.149.